The van der Waals surface area contributed by atoms with E-state index in [2.05, 4.69) is 26.2 Å². The first-order chi connectivity index (χ1) is 13.0. The number of benzene rings is 1. The molecule has 0 bridgehead atoms. The summed E-state index contributed by atoms with van der Waals surface area (Å²) in [4.78, 5) is 28.8. The zero-order chi connectivity index (χ0) is 19.4. The molecule has 3 aromatic rings. The van der Waals surface area contributed by atoms with Gasteiger partial charge < -0.3 is 10.1 Å². The second-order valence-electron chi connectivity index (χ2n) is 5.82. The number of imidazole rings is 1. The van der Waals surface area contributed by atoms with Crippen LogP contribution in [0.4, 0.5) is 0 Å². The van der Waals surface area contributed by atoms with E-state index in [-0.39, 0.29) is 24.2 Å². The summed E-state index contributed by atoms with van der Waals surface area (Å²) in [6.07, 6.45) is 3.71. The molecule has 0 aliphatic rings. The maximum Gasteiger partial charge on any atom is 0.359 e. The lowest BCUT2D eigenvalue weighted by molar-refractivity contribution is -0.124. The number of nitrogens with zero attached hydrogens (tertiary/aromatic N) is 2. The van der Waals surface area contributed by atoms with Crippen LogP contribution in [0.25, 0.3) is 5.52 Å². The Morgan fingerprint density at radius 1 is 1.26 bits per heavy atom. The predicted octanol–water partition coefficient (Wildman–Crippen LogP) is 3.85. The topological polar surface area (TPSA) is 72.7 Å². The number of nitrogens with one attached hydrogen (secondary N) is 1. The molecule has 3 rings (SSSR count). The lowest BCUT2D eigenvalue weighted by Gasteiger charge is -2.14. The van der Waals surface area contributed by atoms with Gasteiger partial charge in [-0.25, -0.2) is 9.78 Å². The molecule has 1 atom stereocenters. The minimum absolute atomic E-state index is 0.194. The van der Waals surface area contributed by atoms with Crippen molar-refractivity contribution < 1.29 is 14.3 Å². The van der Waals surface area contributed by atoms with Crippen LogP contribution in [0.1, 0.15) is 29.0 Å². The summed E-state index contributed by atoms with van der Waals surface area (Å²) in [5.41, 5.74) is 1.81. The number of carbonyl (C=O) groups excluding carboxylic acids is 2. The largest absolute Gasteiger partial charge is 0.451 e. The van der Waals surface area contributed by atoms with Gasteiger partial charge in [0.05, 0.1) is 11.6 Å². The van der Waals surface area contributed by atoms with Crippen molar-refractivity contribution in [1.82, 2.24) is 14.7 Å². The number of hydrogen-bond acceptors (Lipinski definition) is 5. The van der Waals surface area contributed by atoms with Crippen LogP contribution in [0.15, 0.2) is 58.3 Å². The molecule has 2 aromatic heterocycles. The molecule has 0 aliphatic heterocycles. The Morgan fingerprint density at radius 2 is 2.00 bits per heavy atom. The van der Waals surface area contributed by atoms with E-state index in [1.165, 1.54) is 11.8 Å². The minimum Gasteiger partial charge on any atom is -0.451 e. The zero-order valence-corrected chi connectivity index (χ0v) is 17.2. The maximum atomic E-state index is 12.4. The third kappa shape index (κ3) is 4.51. The van der Waals surface area contributed by atoms with Crippen LogP contribution < -0.4 is 5.32 Å². The molecule has 1 unspecified atom stereocenters. The fraction of sp³-hybridized carbons (Fsp3) is 0.211. The van der Waals surface area contributed by atoms with Gasteiger partial charge in [0.2, 0.25) is 0 Å². The second-order valence-corrected chi connectivity index (χ2v) is 7.51. The maximum absolute atomic E-state index is 12.4. The molecule has 0 spiro atoms. The standard InChI is InChI=1S/C19H18BrN3O3S/c1-12(13-6-8-14(20)9-7-13)21-16(24)11-26-18(25)17-15-5-3-4-10-23(15)19(22-17)27-2/h3-10,12H,11H2,1-2H3,(H,21,24). The fourth-order valence-electron chi connectivity index (χ4n) is 2.62. The van der Waals surface area contributed by atoms with Crippen molar-refractivity contribution in [1.29, 1.82) is 0 Å². The first-order valence-electron chi connectivity index (χ1n) is 8.22. The van der Waals surface area contributed by atoms with Crippen molar-refractivity contribution in [2.24, 2.45) is 0 Å². The fourth-order valence-corrected chi connectivity index (χ4v) is 3.42. The molecular formula is C19H18BrN3O3S. The van der Waals surface area contributed by atoms with Crippen LogP contribution in [0.5, 0.6) is 0 Å². The van der Waals surface area contributed by atoms with Gasteiger partial charge in [-0.15, -0.1) is 0 Å². The Balaban J connectivity index is 1.62. The van der Waals surface area contributed by atoms with E-state index in [4.69, 9.17) is 4.74 Å². The Bertz CT molecular complexity index is 972. The molecule has 0 aliphatic carbocycles. The van der Waals surface area contributed by atoms with E-state index in [1.54, 1.807) is 6.07 Å². The normalized spacial score (nSPS) is 12.0. The number of fused-ring (bicyclic) bond motifs is 1. The number of hydrogen-bond donors (Lipinski definition) is 1. The smallest absolute Gasteiger partial charge is 0.359 e. The van der Waals surface area contributed by atoms with E-state index in [0.29, 0.717) is 10.7 Å². The highest BCUT2D eigenvalue weighted by molar-refractivity contribution is 9.10. The minimum atomic E-state index is -0.620. The molecule has 0 fully saturated rings. The van der Waals surface area contributed by atoms with Gasteiger partial charge in [0, 0.05) is 10.7 Å². The average molecular weight is 448 g/mol. The lowest BCUT2D eigenvalue weighted by Crippen LogP contribution is -2.31. The molecule has 8 heteroatoms. The number of amides is 1. The van der Waals surface area contributed by atoms with Gasteiger partial charge >= 0.3 is 5.97 Å². The van der Waals surface area contributed by atoms with Gasteiger partial charge in [0.15, 0.2) is 17.5 Å². The summed E-state index contributed by atoms with van der Waals surface area (Å²) < 4.78 is 7.95. The number of rotatable bonds is 6. The van der Waals surface area contributed by atoms with Gasteiger partial charge in [0.25, 0.3) is 5.91 Å². The number of halogens is 1. The molecule has 0 radical (unpaired) electrons. The number of carbonyl (C=O) groups is 2. The van der Waals surface area contributed by atoms with Crippen LogP contribution in [-0.2, 0) is 9.53 Å². The molecule has 140 valence electrons. The van der Waals surface area contributed by atoms with Crippen molar-refractivity contribution in [3.8, 4) is 0 Å². The summed E-state index contributed by atoms with van der Waals surface area (Å²) in [6, 6.07) is 12.9. The van der Waals surface area contributed by atoms with E-state index < -0.39 is 5.97 Å². The number of aromatic nitrogens is 2. The Hall–Kier alpha value is -2.32. The highest BCUT2D eigenvalue weighted by atomic mass is 79.9. The van der Waals surface area contributed by atoms with Crippen molar-refractivity contribution in [2.75, 3.05) is 12.9 Å². The third-order valence-corrected chi connectivity index (χ3v) is 5.16. The lowest BCUT2D eigenvalue weighted by atomic mass is 10.1. The summed E-state index contributed by atoms with van der Waals surface area (Å²) in [5.74, 6) is -0.988. The van der Waals surface area contributed by atoms with Gasteiger partial charge in [-0.3, -0.25) is 9.20 Å². The second kappa shape index (κ2) is 8.58. The Morgan fingerprint density at radius 3 is 2.70 bits per heavy atom. The molecule has 0 saturated carbocycles. The Labute approximate surface area is 169 Å². The van der Waals surface area contributed by atoms with E-state index in [0.717, 1.165) is 10.0 Å². The predicted molar refractivity (Wildman–Crippen MR) is 108 cm³/mol. The molecule has 2 heterocycles. The highest BCUT2D eigenvalue weighted by Crippen LogP contribution is 2.20. The molecule has 6 nitrogen and oxygen atoms in total. The first-order valence-corrected chi connectivity index (χ1v) is 10.2. The van der Waals surface area contributed by atoms with Crippen LogP contribution in [-0.4, -0.2) is 34.1 Å². The summed E-state index contributed by atoms with van der Waals surface area (Å²) >= 11 is 4.81. The number of esters is 1. The third-order valence-electron chi connectivity index (χ3n) is 3.97. The SMILES string of the molecule is CSc1nc(C(=O)OCC(=O)NC(C)c2ccc(Br)cc2)c2ccccn12. The first kappa shape index (κ1) is 19.4. The van der Waals surface area contributed by atoms with Crippen molar-refractivity contribution in [3.05, 3.63) is 64.4 Å². The molecule has 1 amide bonds. The van der Waals surface area contributed by atoms with Crippen molar-refractivity contribution in [3.63, 3.8) is 0 Å². The molecule has 1 aromatic carbocycles. The molecular weight excluding hydrogens is 430 g/mol. The van der Waals surface area contributed by atoms with Gasteiger partial charge in [-0.1, -0.05) is 45.9 Å². The van der Waals surface area contributed by atoms with Gasteiger partial charge in [-0.2, -0.15) is 0 Å². The number of ether oxygens (including phenoxy) is 1. The molecule has 1 N–H and O–H groups in total. The number of thioether (sulfide) groups is 1. The van der Waals surface area contributed by atoms with Gasteiger partial charge in [0.1, 0.15) is 0 Å². The van der Waals surface area contributed by atoms with Crippen LogP contribution >= 0.6 is 27.7 Å². The molecule has 0 saturated heterocycles. The Kier molecular flexibility index (Phi) is 6.18. The van der Waals surface area contributed by atoms with E-state index >= 15 is 0 Å². The van der Waals surface area contributed by atoms with Crippen LogP contribution in [0.2, 0.25) is 0 Å². The van der Waals surface area contributed by atoms with Crippen LogP contribution in [0.3, 0.4) is 0 Å². The van der Waals surface area contributed by atoms with E-state index in [1.807, 2.05) is 60.2 Å². The zero-order valence-electron chi connectivity index (χ0n) is 14.8. The summed E-state index contributed by atoms with van der Waals surface area (Å²) in [5, 5.41) is 3.50. The average Bonchev–Trinajstić information content (AvgIpc) is 3.05. The van der Waals surface area contributed by atoms with Crippen LogP contribution in [0, 0.1) is 0 Å². The molecule has 27 heavy (non-hydrogen) atoms. The van der Waals surface area contributed by atoms with Crippen molar-refractivity contribution in [2.45, 2.75) is 18.1 Å². The van der Waals surface area contributed by atoms with E-state index in [9.17, 15) is 9.59 Å². The van der Waals surface area contributed by atoms with Gasteiger partial charge in [-0.05, 0) is 43.0 Å². The quantitative estimate of drug-likeness (QED) is 0.458. The highest BCUT2D eigenvalue weighted by Gasteiger charge is 2.19. The van der Waals surface area contributed by atoms with Crippen molar-refractivity contribution >= 4 is 45.1 Å². The number of pyridine rings is 1. The monoisotopic (exact) mass is 447 g/mol. The summed E-state index contributed by atoms with van der Waals surface area (Å²) in [7, 11) is 0. The summed E-state index contributed by atoms with van der Waals surface area (Å²) in [6.45, 7) is 1.51.